The first-order valence-corrected chi connectivity index (χ1v) is 41.8. The normalized spacial score (nSPS) is 14.7. The molecule has 0 aliphatic rings. The summed E-state index contributed by atoms with van der Waals surface area (Å²) in [6.45, 7) is 29.5. The van der Waals surface area contributed by atoms with Gasteiger partial charge in [0.2, 0.25) is 17.7 Å². The molecule has 0 bridgehead atoms. The zero-order valence-electron chi connectivity index (χ0n) is 74.3. The van der Waals surface area contributed by atoms with E-state index in [2.05, 4.69) is 22.9 Å². The molecule has 0 fully saturated rings. The molecule has 6 aromatic rings. The number of carbonyl (C=O) groups excluding carboxylic acids is 9. The number of primary amides is 1. The van der Waals surface area contributed by atoms with Crippen molar-refractivity contribution in [2.24, 2.45) is 28.7 Å². The van der Waals surface area contributed by atoms with Crippen molar-refractivity contribution in [3.63, 3.8) is 0 Å². The minimum absolute atomic E-state index is 0.0959. The van der Waals surface area contributed by atoms with Crippen molar-refractivity contribution >= 4 is 52.7 Å². The molecule has 0 radical (unpaired) electrons. The van der Waals surface area contributed by atoms with Crippen LogP contribution in [0, 0.1) is 23.1 Å². The fourth-order valence-corrected chi connectivity index (χ4v) is 14.3. The van der Waals surface area contributed by atoms with E-state index in [1.54, 1.807) is 132 Å². The number of halogens is 1. The van der Waals surface area contributed by atoms with Gasteiger partial charge in [0.25, 0.3) is 5.91 Å². The Kier molecular flexibility index (Phi) is 37.7. The van der Waals surface area contributed by atoms with Crippen molar-refractivity contribution in [2.45, 2.75) is 272 Å². The van der Waals surface area contributed by atoms with E-state index in [0.717, 1.165) is 47.3 Å². The highest BCUT2D eigenvalue weighted by Crippen LogP contribution is 2.39. The highest BCUT2D eigenvalue weighted by atomic mass is 19.1. The van der Waals surface area contributed by atoms with Crippen molar-refractivity contribution in [3.8, 4) is 39.9 Å². The number of ether oxygens (including phenoxy) is 9. The summed E-state index contributed by atoms with van der Waals surface area (Å²) in [6.07, 6.45) is -0.383. The van der Waals surface area contributed by atoms with Crippen molar-refractivity contribution in [1.82, 2.24) is 16.0 Å². The van der Waals surface area contributed by atoms with Crippen LogP contribution in [0.3, 0.4) is 0 Å². The quantitative estimate of drug-likeness (QED) is 0.0175. The number of unbranched alkanes of at least 4 members (excludes halogenated alkanes) is 2. The molecule has 4 amide bonds. The topological polar surface area (TPSA) is 325 Å². The number of aryl methyl sites for hydroxylation is 2. The standard InChI is InChI=1S/C96H132FN5O18/c1-21-23-26-48-115-70-40-34-62(35-41-70)28-27-31-78(81(104)54-76(75-47-45-73(113-19)53-84(75)114-20)66-38-42-71(43-39-66)116-59-85(98)107)100-89(109)68(49-63-32-36-65(37-33-63)74-46-44-72(112-18)50-64(74)22-2)51-80(103)79(55-86(108)120-95(14,15)16)101-90(110)69(58-117-92(5,6)7)52-82(105)88(61(4)119-94(11,12)13)102-91(111)96(17,56-67-29-24-25-30-77(67)97)57-83(106)87(99)60(3)118-93(8,9)10/h24-25,29-30,32-47,50,53,60-61,68-69,76,78-79,87-88H,21-23,26-28,31,48-49,51-52,54-59,99H2,1-20H3,(H2,98,107)(H,100,109)(H,101,110)(H,102,111)/t60-,61-,68-,69+,76?,78+,79+,87+,88+,96-/m1/s1. The number of nitrogens with one attached hydrogen (secondary N) is 3. The van der Waals surface area contributed by atoms with Crippen LogP contribution in [0.2, 0.25) is 0 Å². The lowest BCUT2D eigenvalue weighted by Gasteiger charge is -2.36. The third-order valence-corrected chi connectivity index (χ3v) is 20.5. The highest BCUT2D eigenvalue weighted by molar-refractivity contribution is 5.99. The molecule has 656 valence electrons. The molecule has 10 atom stereocenters. The summed E-state index contributed by atoms with van der Waals surface area (Å²) < 4.78 is 69.2. The van der Waals surface area contributed by atoms with Crippen molar-refractivity contribution in [1.29, 1.82) is 0 Å². The molecule has 0 spiro atoms. The number of carbonyl (C=O) groups is 9. The predicted molar refractivity (Wildman–Crippen MR) is 463 cm³/mol. The average Bonchev–Trinajstić information content (AvgIpc) is 0.804. The van der Waals surface area contributed by atoms with Gasteiger partial charge in [0.1, 0.15) is 46.2 Å². The second-order valence-electron chi connectivity index (χ2n) is 35.4. The molecule has 0 aromatic heterocycles. The first-order chi connectivity index (χ1) is 56.3. The van der Waals surface area contributed by atoms with E-state index in [1.165, 1.54) is 39.3 Å². The lowest BCUT2D eigenvalue weighted by Crippen LogP contribution is -2.56. The van der Waals surface area contributed by atoms with Crippen LogP contribution in [-0.4, -0.2) is 153 Å². The van der Waals surface area contributed by atoms with E-state index >= 15 is 33.2 Å². The average molecular weight is 1660 g/mol. The minimum atomic E-state index is -1.77. The number of hydrogen-bond acceptors (Lipinski definition) is 19. The zero-order valence-corrected chi connectivity index (χ0v) is 74.3. The molecule has 24 heteroatoms. The second kappa shape index (κ2) is 45.7. The van der Waals surface area contributed by atoms with Gasteiger partial charge in [-0.3, -0.25) is 43.2 Å². The van der Waals surface area contributed by atoms with Gasteiger partial charge in [-0.25, -0.2) is 4.39 Å². The van der Waals surface area contributed by atoms with Gasteiger partial charge in [-0.2, -0.15) is 0 Å². The molecular formula is C96H132FN5O18. The van der Waals surface area contributed by atoms with Gasteiger partial charge in [-0.15, -0.1) is 0 Å². The summed E-state index contributed by atoms with van der Waals surface area (Å²) in [6, 6.07) is 33.3. The summed E-state index contributed by atoms with van der Waals surface area (Å²) >= 11 is 0. The predicted octanol–water partition coefficient (Wildman–Crippen LogP) is 15.0. The maximum Gasteiger partial charge on any atom is 0.308 e. The summed E-state index contributed by atoms with van der Waals surface area (Å²) in [7, 11) is 4.63. The molecule has 0 aliphatic carbocycles. The summed E-state index contributed by atoms with van der Waals surface area (Å²) in [5, 5.41) is 8.82. The van der Waals surface area contributed by atoms with E-state index in [4.69, 9.17) is 54.1 Å². The number of ketones is 4. The number of methoxy groups -OCH3 is 3. The van der Waals surface area contributed by atoms with Gasteiger partial charge in [0.05, 0.1) is 99.4 Å². The minimum Gasteiger partial charge on any atom is -0.497 e. The molecule has 23 nitrogen and oxygen atoms in total. The molecular weight excluding hydrogens is 1530 g/mol. The Morgan fingerprint density at radius 1 is 0.525 bits per heavy atom. The fraction of sp³-hybridized carbons (Fsp3) is 0.531. The van der Waals surface area contributed by atoms with Gasteiger partial charge in [-0.1, -0.05) is 112 Å². The third kappa shape index (κ3) is 32.6. The summed E-state index contributed by atoms with van der Waals surface area (Å²) in [4.78, 5) is 135. The molecule has 1 unspecified atom stereocenters. The van der Waals surface area contributed by atoms with E-state index in [-0.39, 0.29) is 43.6 Å². The second-order valence-corrected chi connectivity index (χ2v) is 35.4. The Morgan fingerprint density at radius 3 is 1.68 bits per heavy atom. The van der Waals surface area contributed by atoms with Crippen LogP contribution in [0.15, 0.2) is 133 Å². The Labute approximate surface area is 710 Å². The molecule has 6 aromatic carbocycles. The molecule has 0 saturated heterocycles. The molecule has 6 rings (SSSR count). The molecule has 120 heavy (non-hydrogen) atoms. The van der Waals surface area contributed by atoms with Crippen molar-refractivity contribution in [2.75, 3.05) is 41.2 Å². The van der Waals surface area contributed by atoms with Crippen LogP contribution in [-0.2, 0) is 87.8 Å². The number of Topliss-reactive ketones (excluding diaryl/α,β-unsaturated/α-hetero) is 4. The number of benzene rings is 6. The number of hydrogen-bond donors (Lipinski definition) is 5. The highest BCUT2D eigenvalue weighted by Gasteiger charge is 2.44. The maximum absolute atomic E-state index is 16.0. The van der Waals surface area contributed by atoms with Crippen molar-refractivity contribution in [3.05, 3.63) is 173 Å². The molecule has 7 N–H and O–H groups in total. The number of nitrogens with two attached hydrogens (primary N) is 2. The summed E-state index contributed by atoms with van der Waals surface area (Å²) in [5.74, 6) is -7.93. The smallest absolute Gasteiger partial charge is 0.308 e. The zero-order chi connectivity index (χ0) is 89.0. The first-order valence-electron chi connectivity index (χ1n) is 41.8. The van der Waals surface area contributed by atoms with Crippen LogP contribution < -0.4 is 51.1 Å². The number of rotatable bonds is 49. The van der Waals surface area contributed by atoms with E-state index < -0.39 is 167 Å². The van der Waals surface area contributed by atoms with Crippen LogP contribution >= 0.6 is 0 Å². The van der Waals surface area contributed by atoms with Gasteiger partial charge >= 0.3 is 5.97 Å². The third-order valence-electron chi connectivity index (χ3n) is 20.5. The molecule has 0 heterocycles. The molecule has 0 saturated carbocycles. The number of esters is 1. The van der Waals surface area contributed by atoms with E-state index in [9.17, 15) is 14.4 Å². The fourth-order valence-electron chi connectivity index (χ4n) is 14.3. The van der Waals surface area contributed by atoms with Crippen LogP contribution in [0.4, 0.5) is 4.39 Å². The van der Waals surface area contributed by atoms with E-state index in [1.807, 2.05) is 94.4 Å². The van der Waals surface area contributed by atoms with Gasteiger partial charge in [-0.05, 0) is 229 Å². The Hall–Kier alpha value is -9.88. The van der Waals surface area contributed by atoms with Gasteiger partial charge in [0.15, 0.2) is 29.7 Å². The lowest BCUT2D eigenvalue weighted by molar-refractivity contribution is -0.156. The summed E-state index contributed by atoms with van der Waals surface area (Å²) in [5.41, 5.74) is 12.4. The Morgan fingerprint density at radius 2 is 1.09 bits per heavy atom. The van der Waals surface area contributed by atoms with Crippen LogP contribution in [0.25, 0.3) is 11.1 Å². The lowest BCUT2D eigenvalue weighted by atomic mass is 9.76. The van der Waals surface area contributed by atoms with Crippen molar-refractivity contribution < 1.29 is 90.2 Å². The van der Waals surface area contributed by atoms with Gasteiger partial charge < -0.3 is 70.0 Å². The van der Waals surface area contributed by atoms with Gasteiger partial charge in [0, 0.05) is 49.1 Å². The number of amides is 4. The van der Waals surface area contributed by atoms with E-state index in [0.29, 0.717) is 65.6 Å². The first kappa shape index (κ1) is 98.9. The Balaban J connectivity index is 1.46. The van der Waals surface area contributed by atoms with Crippen LogP contribution in [0.5, 0.6) is 28.7 Å². The maximum atomic E-state index is 16.0. The monoisotopic (exact) mass is 1660 g/mol. The molecule has 0 aliphatic heterocycles. The largest absolute Gasteiger partial charge is 0.497 e. The Bertz CT molecular complexity index is 4370. The van der Waals surface area contributed by atoms with Crippen LogP contribution in [0.1, 0.15) is 221 Å². The SMILES string of the molecule is CCCCCOc1ccc(CCC[C@H](NC(=O)[C@@H](CC(=O)[C@H](CC(=O)OC(C)(C)C)NC(=O)[C@H](COC(C)(C)C)CC(=O)[C@@H](NC(=O)[C@@](C)(CC(=O)[C@@H](N)[C@@H](C)OC(C)(C)C)Cc2ccccc2F)[C@@H](C)OC(C)(C)C)Cc2ccc(-c3ccc(OC)cc3CC)cc2)C(=O)CC(c2ccc(OCC(N)=O)cc2)c2ccc(OC)cc2OC)cc1.